The second-order valence-electron chi connectivity index (χ2n) is 5.50. The van der Waals surface area contributed by atoms with Crippen molar-refractivity contribution in [3.05, 3.63) is 35.4 Å². The fourth-order valence-corrected chi connectivity index (χ4v) is 3.87. The number of hydrogen-bond donors (Lipinski definition) is 2. The molecule has 5 nitrogen and oxygen atoms in total. The van der Waals surface area contributed by atoms with E-state index < -0.39 is 15.6 Å². The molecule has 0 saturated carbocycles. The lowest BCUT2D eigenvalue weighted by Gasteiger charge is -2.23. The van der Waals surface area contributed by atoms with E-state index in [1.165, 1.54) is 0 Å². The van der Waals surface area contributed by atoms with Crippen molar-refractivity contribution in [2.75, 3.05) is 13.2 Å². The average Bonchev–Trinajstić information content (AvgIpc) is 2.84. The van der Waals surface area contributed by atoms with Crippen LogP contribution in [0.2, 0.25) is 0 Å². The van der Waals surface area contributed by atoms with Gasteiger partial charge in [0.2, 0.25) is 10.0 Å². The first-order valence-electron chi connectivity index (χ1n) is 6.80. The molecule has 2 rings (SSSR count). The predicted octanol–water partition coefficient (Wildman–Crippen LogP) is 1.31. The summed E-state index contributed by atoms with van der Waals surface area (Å²) in [5.41, 5.74) is 6.42. The summed E-state index contributed by atoms with van der Waals surface area (Å²) in [7, 11) is -3.46. The van der Waals surface area contributed by atoms with Crippen LogP contribution >= 0.6 is 12.2 Å². The Morgan fingerprint density at radius 3 is 2.81 bits per heavy atom. The summed E-state index contributed by atoms with van der Waals surface area (Å²) in [5, 5.41) is 0. The molecule has 0 aliphatic carbocycles. The van der Waals surface area contributed by atoms with Gasteiger partial charge in [0.05, 0.1) is 11.4 Å². The second-order valence-corrected chi connectivity index (χ2v) is 7.75. The van der Waals surface area contributed by atoms with Gasteiger partial charge in [0.1, 0.15) is 4.99 Å². The van der Waals surface area contributed by atoms with Gasteiger partial charge in [-0.05, 0) is 25.3 Å². The minimum atomic E-state index is -3.46. The molecule has 7 heteroatoms. The van der Waals surface area contributed by atoms with Crippen LogP contribution in [0.5, 0.6) is 0 Å². The minimum Gasteiger partial charge on any atom is -0.389 e. The fraction of sp³-hybridized carbons (Fsp3) is 0.500. The Labute approximate surface area is 130 Å². The zero-order valence-corrected chi connectivity index (χ0v) is 13.6. The van der Waals surface area contributed by atoms with E-state index in [1.807, 2.05) is 6.92 Å². The Morgan fingerprint density at radius 2 is 2.19 bits per heavy atom. The van der Waals surface area contributed by atoms with Crippen molar-refractivity contribution >= 4 is 27.2 Å². The smallest absolute Gasteiger partial charge is 0.215 e. The zero-order valence-electron chi connectivity index (χ0n) is 12.0. The topological polar surface area (TPSA) is 81.4 Å². The quantitative estimate of drug-likeness (QED) is 0.770. The highest BCUT2D eigenvalue weighted by Gasteiger charge is 2.31. The molecule has 1 aromatic rings. The SMILES string of the molecule is CC1(CNS(=O)(=O)Cc2ccccc2C(N)=S)CCCO1. The summed E-state index contributed by atoms with van der Waals surface area (Å²) in [5.74, 6) is -0.142. The molecule has 116 valence electrons. The van der Waals surface area contributed by atoms with Crippen LogP contribution in [-0.4, -0.2) is 32.2 Å². The number of rotatable bonds is 6. The van der Waals surface area contributed by atoms with Gasteiger partial charge in [-0.3, -0.25) is 0 Å². The molecule has 0 bridgehead atoms. The third kappa shape index (κ3) is 4.47. The molecular weight excluding hydrogens is 308 g/mol. The second kappa shape index (κ2) is 6.39. The van der Waals surface area contributed by atoms with Gasteiger partial charge in [-0.25, -0.2) is 13.1 Å². The molecule has 1 atom stereocenters. The van der Waals surface area contributed by atoms with Gasteiger partial charge in [0.15, 0.2) is 0 Å². The Bertz CT molecular complexity index is 623. The summed E-state index contributed by atoms with van der Waals surface area (Å²) in [6, 6.07) is 7.01. The summed E-state index contributed by atoms with van der Waals surface area (Å²) in [6.07, 6.45) is 1.82. The van der Waals surface area contributed by atoms with Crippen molar-refractivity contribution < 1.29 is 13.2 Å². The van der Waals surface area contributed by atoms with Crippen molar-refractivity contribution in [3.63, 3.8) is 0 Å². The van der Waals surface area contributed by atoms with Crippen LogP contribution in [0.3, 0.4) is 0 Å². The molecule has 0 amide bonds. The summed E-state index contributed by atoms with van der Waals surface area (Å²) in [4.78, 5) is 0.201. The standard InChI is InChI=1S/C14H20N2O3S2/c1-14(7-4-8-19-14)10-16-21(17,18)9-11-5-2-3-6-12(11)13(15)20/h2-3,5-6,16H,4,7-10H2,1H3,(H2,15,20). The van der Waals surface area contributed by atoms with Crippen molar-refractivity contribution in [1.29, 1.82) is 0 Å². The number of nitrogens with two attached hydrogens (primary N) is 1. The Balaban J connectivity index is 2.06. The van der Waals surface area contributed by atoms with E-state index in [1.54, 1.807) is 24.3 Å². The van der Waals surface area contributed by atoms with E-state index in [0.717, 1.165) is 12.8 Å². The lowest BCUT2D eigenvalue weighted by Crippen LogP contribution is -2.40. The van der Waals surface area contributed by atoms with Crippen LogP contribution in [0, 0.1) is 0 Å². The monoisotopic (exact) mass is 328 g/mol. The number of benzene rings is 1. The molecule has 1 aliphatic heterocycles. The van der Waals surface area contributed by atoms with Crippen molar-refractivity contribution in [2.45, 2.75) is 31.1 Å². The summed E-state index contributed by atoms with van der Waals surface area (Å²) in [6.45, 7) is 2.89. The highest BCUT2D eigenvalue weighted by molar-refractivity contribution is 7.88. The normalized spacial score (nSPS) is 22.3. The van der Waals surface area contributed by atoms with E-state index in [0.29, 0.717) is 17.7 Å². The number of nitrogens with one attached hydrogen (secondary N) is 1. The largest absolute Gasteiger partial charge is 0.389 e. The van der Waals surface area contributed by atoms with Gasteiger partial charge in [-0.2, -0.15) is 0 Å². The molecule has 1 aromatic carbocycles. The van der Waals surface area contributed by atoms with Gasteiger partial charge >= 0.3 is 0 Å². The average molecular weight is 328 g/mol. The number of sulfonamides is 1. The van der Waals surface area contributed by atoms with Gasteiger partial charge in [-0.15, -0.1) is 0 Å². The third-order valence-electron chi connectivity index (χ3n) is 3.59. The van der Waals surface area contributed by atoms with Gasteiger partial charge in [0, 0.05) is 18.7 Å². The maximum Gasteiger partial charge on any atom is 0.215 e. The van der Waals surface area contributed by atoms with Gasteiger partial charge < -0.3 is 10.5 Å². The lowest BCUT2D eigenvalue weighted by molar-refractivity contribution is 0.0250. The van der Waals surface area contributed by atoms with Crippen LogP contribution < -0.4 is 10.5 Å². The fourth-order valence-electron chi connectivity index (χ4n) is 2.38. The number of hydrogen-bond acceptors (Lipinski definition) is 4. The lowest BCUT2D eigenvalue weighted by atomic mass is 10.0. The maximum absolute atomic E-state index is 12.2. The van der Waals surface area contributed by atoms with Crippen LogP contribution in [0.15, 0.2) is 24.3 Å². The van der Waals surface area contributed by atoms with Crippen LogP contribution in [0.25, 0.3) is 0 Å². The van der Waals surface area contributed by atoms with Gasteiger partial charge in [-0.1, -0.05) is 36.5 Å². The molecule has 1 fully saturated rings. The molecule has 1 saturated heterocycles. The molecular formula is C14H20N2O3S2. The highest BCUT2D eigenvalue weighted by Crippen LogP contribution is 2.24. The number of ether oxygens (including phenoxy) is 1. The molecule has 0 aromatic heterocycles. The molecule has 1 aliphatic rings. The van der Waals surface area contributed by atoms with Crippen molar-refractivity contribution in [2.24, 2.45) is 5.73 Å². The van der Waals surface area contributed by atoms with Crippen LogP contribution in [0.4, 0.5) is 0 Å². The van der Waals surface area contributed by atoms with E-state index in [4.69, 9.17) is 22.7 Å². The third-order valence-corrected chi connectivity index (χ3v) is 5.09. The summed E-state index contributed by atoms with van der Waals surface area (Å²) >= 11 is 4.95. The van der Waals surface area contributed by atoms with E-state index in [-0.39, 0.29) is 17.3 Å². The molecule has 0 spiro atoms. The van der Waals surface area contributed by atoms with Crippen LogP contribution in [0.1, 0.15) is 30.9 Å². The Kier molecular flexibility index (Phi) is 4.98. The van der Waals surface area contributed by atoms with Crippen LogP contribution in [-0.2, 0) is 20.5 Å². The molecule has 0 radical (unpaired) electrons. The van der Waals surface area contributed by atoms with Crippen molar-refractivity contribution in [3.8, 4) is 0 Å². The van der Waals surface area contributed by atoms with Crippen molar-refractivity contribution in [1.82, 2.24) is 4.72 Å². The maximum atomic E-state index is 12.2. The first-order chi connectivity index (χ1) is 9.81. The zero-order chi connectivity index (χ0) is 15.5. The van der Waals surface area contributed by atoms with Gasteiger partial charge in [0.25, 0.3) is 0 Å². The van der Waals surface area contributed by atoms with E-state index >= 15 is 0 Å². The van der Waals surface area contributed by atoms with E-state index in [9.17, 15) is 8.42 Å². The molecule has 21 heavy (non-hydrogen) atoms. The molecule has 1 heterocycles. The minimum absolute atomic E-state index is 0.142. The first-order valence-corrected chi connectivity index (χ1v) is 8.86. The Hall–Kier alpha value is -1.02. The number of thiocarbonyl (C=S) groups is 1. The molecule has 3 N–H and O–H groups in total. The summed E-state index contributed by atoms with van der Waals surface area (Å²) < 4.78 is 32.6. The molecule has 1 unspecified atom stereocenters. The highest BCUT2D eigenvalue weighted by atomic mass is 32.2. The Morgan fingerprint density at radius 1 is 1.48 bits per heavy atom. The van der Waals surface area contributed by atoms with E-state index in [2.05, 4.69) is 4.72 Å². The first kappa shape index (κ1) is 16.4. The predicted molar refractivity (Wildman–Crippen MR) is 86.5 cm³/mol.